The van der Waals surface area contributed by atoms with Crippen molar-refractivity contribution < 1.29 is 9.47 Å². The SMILES string of the molecule is CCCC(CC)OC(Oc1ccc(C(CC(C)(C)C)C(C)(C)C)cc1)C(C)(C)C. The number of ether oxygens (including phenoxy) is 2. The van der Waals surface area contributed by atoms with E-state index in [1.165, 1.54) is 12.0 Å². The van der Waals surface area contributed by atoms with Gasteiger partial charge in [-0.2, -0.15) is 0 Å². The summed E-state index contributed by atoms with van der Waals surface area (Å²) >= 11 is 0. The van der Waals surface area contributed by atoms with Crippen molar-refractivity contribution in [1.29, 1.82) is 0 Å². The zero-order valence-corrected chi connectivity index (χ0v) is 21.2. The van der Waals surface area contributed by atoms with Crippen molar-refractivity contribution in [3.63, 3.8) is 0 Å². The normalized spacial score (nSPS) is 16.4. The summed E-state index contributed by atoms with van der Waals surface area (Å²) in [6.07, 6.45) is 4.39. The number of rotatable bonds is 9. The van der Waals surface area contributed by atoms with Gasteiger partial charge in [-0.25, -0.2) is 0 Å². The average molecular weight is 405 g/mol. The summed E-state index contributed by atoms with van der Waals surface area (Å²) in [5, 5.41) is 0. The number of hydrogen-bond donors (Lipinski definition) is 0. The molecular weight excluding hydrogens is 356 g/mol. The van der Waals surface area contributed by atoms with Crippen LogP contribution in [-0.4, -0.2) is 12.4 Å². The standard InChI is InChI=1S/C27H48O2/c1-12-14-21(13-2)28-24(27(9,10)11)29-22-17-15-20(16-18-22)23(26(6,7)8)19-25(3,4)5/h15-18,21,23-24H,12-14,19H2,1-11H3. The van der Waals surface area contributed by atoms with Crippen LogP contribution in [0.3, 0.4) is 0 Å². The van der Waals surface area contributed by atoms with E-state index in [2.05, 4.69) is 100 Å². The Morgan fingerprint density at radius 3 is 1.72 bits per heavy atom. The van der Waals surface area contributed by atoms with Crippen molar-refractivity contribution in [3.05, 3.63) is 29.8 Å². The maximum atomic E-state index is 6.38. The second-order valence-electron chi connectivity index (χ2n) is 12.0. The van der Waals surface area contributed by atoms with Crippen LogP contribution in [0.5, 0.6) is 5.75 Å². The highest BCUT2D eigenvalue weighted by Crippen LogP contribution is 2.43. The van der Waals surface area contributed by atoms with Gasteiger partial charge in [-0.15, -0.1) is 0 Å². The van der Waals surface area contributed by atoms with Gasteiger partial charge in [0.15, 0.2) is 0 Å². The predicted molar refractivity (Wildman–Crippen MR) is 127 cm³/mol. The molecule has 0 saturated carbocycles. The third-order valence-electron chi connectivity index (χ3n) is 5.48. The smallest absolute Gasteiger partial charge is 0.204 e. The highest BCUT2D eigenvalue weighted by molar-refractivity contribution is 5.30. The molecule has 2 nitrogen and oxygen atoms in total. The molecule has 0 bridgehead atoms. The molecule has 168 valence electrons. The highest BCUT2D eigenvalue weighted by Gasteiger charge is 2.32. The molecule has 0 aliphatic rings. The van der Waals surface area contributed by atoms with E-state index >= 15 is 0 Å². The summed E-state index contributed by atoms with van der Waals surface area (Å²) in [5.74, 6) is 1.41. The average Bonchev–Trinajstić information content (AvgIpc) is 2.56. The van der Waals surface area contributed by atoms with E-state index in [0.717, 1.165) is 25.0 Å². The molecular formula is C27H48O2. The summed E-state index contributed by atoms with van der Waals surface area (Å²) in [5.41, 5.74) is 1.83. The number of benzene rings is 1. The van der Waals surface area contributed by atoms with Gasteiger partial charge in [0.25, 0.3) is 0 Å². The van der Waals surface area contributed by atoms with Crippen LogP contribution in [0.2, 0.25) is 0 Å². The monoisotopic (exact) mass is 404 g/mol. The van der Waals surface area contributed by atoms with Crippen molar-refractivity contribution in [3.8, 4) is 5.75 Å². The molecule has 29 heavy (non-hydrogen) atoms. The lowest BCUT2D eigenvalue weighted by molar-refractivity contribution is -0.173. The molecule has 3 unspecified atom stereocenters. The maximum absolute atomic E-state index is 6.38. The van der Waals surface area contributed by atoms with Crippen molar-refractivity contribution >= 4 is 0 Å². The molecule has 0 fully saturated rings. The van der Waals surface area contributed by atoms with Gasteiger partial charge in [0.05, 0.1) is 6.10 Å². The molecule has 0 spiro atoms. The third-order valence-corrected chi connectivity index (χ3v) is 5.48. The van der Waals surface area contributed by atoms with E-state index in [1.54, 1.807) is 0 Å². The van der Waals surface area contributed by atoms with Gasteiger partial charge in [-0.05, 0) is 53.7 Å². The summed E-state index contributed by atoms with van der Waals surface area (Å²) in [4.78, 5) is 0. The van der Waals surface area contributed by atoms with Gasteiger partial charge in [0, 0.05) is 5.41 Å². The van der Waals surface area contributed by atoms with Crippen LogP contribution in [0.15, 0.2) is 24.3 Å². The maximum Gasteiger partial charge on any atom is 0.204 e. The zero-order valence-electron chi connectivity index (χ0n) is 21.2. The first-order valence-electron chi connectivity index (χ1n) is 11.6. The lowest BCUT2D eigenvalue weighted by Crippen LogP contribution is -2.38. The Morgan fingerprint density at radius 2 is 1.34 bits per heavy atom. The summed E-state index contributed by atoms with van der Waals surface area (Å²) in [6, 6.07) is 8.75. The van der Waals surface area contributed by atoms with E-state index in [1.807, 2.05) is 0 Å². The van der Waals surface area contributed by atoms with E-state index in [9.17, 15) is 0 Å². The summed E-state index contributed by atoms with van der Waals surface area (Å²) in [7, 11) is 0. The Balaban J connectivity index is 3.02. The van der Waals surface area contributed by atoms with E-state index < -0.39 is 0 Å². The molecule has 0 aliphatic carbocycles. The minimum atomic E-state index is -0.252. The third kappa shape index (κ3) is 9.11. The molecule has 1 aromatic rings. The quantitative estimate of drug-likeness (QED) is 0.383. The van der Waals surface area contributed by atoms with E-state index in [-0.39, 0.29) is 23.2 Å². The Labute approximate surface area is 181 Å². The van der Waals surface area contributed by atoms with Crippen LogP contribution in [0.1, 0.15) is 113 Å². The Hall–Kier alpha value is -1.02. The Morgan fingerprint density at radius 1 is 0.793 bits per heavy atom. The first-order valence-corrected chi connectivity index (χ1v) is 11.6. The van der Waals surface area contributed by atoms with Gasteiger partial charge >= 0.3 is 0 Å². The first kappa shape index (κ1) is 26.0. The Bertz CT molecular complexity index is 581. The van der Waals surface area contributed by atoms with E-state index in [0.29, 0.717) is 11.3 Å². The molecule has 0 aliphatic heterocycles. The molecule has 3 atom stereocenters. The number of hydrogen-bond acceptors (Lipinski definition) is 2. The fraction of sp³-hybridized carbons (Fsp3) is 0.778. The van der Waals surface area contributed by atoms with Gasteiger partial charge in [-0.3, -0.25) is 0 Å². The molecule has 1 rings (SSSR count). The molecule has 0 N–H and O–H groups in total. The second kappa shape index (κ2) is 10.3. The largest absolute Gasteiger partial charge is 0.464 e. The molecule has 0 heterocycles. The van der Waals surface area contributed by atoms with Crippen LogP contribution in [0.25, 0.3) is 0 Å². The predicted octanol–water partition coefficient (Wildman–Crippen LogP) is 8.60. The minimum absolute atomic E-state index is 0.0833. The lowest BCUT2D eigenvalue weighted by Gasteiger charge is -2.36. The van der Waals surface area contributed by atoms with Crippen molar-refractivity contribution in [2.75, 3.05) is 0 Å². The van der Waals surface area contributed by atoms with Crippen molar-refractivity contribution in [1.82, 2.24) is 0 Å². The van der Waals surface area contributed by atoms with Gasteiger partial charge in [0.2, 0.25) is 6.29 Å². The van der Waals surface area contributed by atoms with Crippen LogP contribution in [-0.2, 0) is 4.74 Å². The second-order valence-corrected chi connectivity index (χ2v) is 12.0. The first-order chi connectivity index (χ1) is 13.2. The molecule has 0 radical (unpaired) electrons. The van der Waals surface area contributed by atoms with Crippen molar-refractivity contribution in [2.24, 2.45) is 16.2 Å². The van der Waals surface area contributed by atoms with Crippen LogP contribution in [0, 0.1) is 16.2 Å². The zero-order chi connectivity index (χ0) is 22.5. The lowest BCUT2D eigenvalue weighted by atomic mass is 9.69. The molecule has 0 saturated heterocycles. The molecule has 0 amide bonds. The summed E-state index contributed by atoms with van der Waals surface area (Å²) < 4.78 is 12.7. The van der Waals surface area contributed by atoms with Crippen molar-refractivity contribution in [2.45, 2.75) is 120 Å². The molecule has 2 heteroatoms. The van der Waals surface area contributed by atoms with Gasteiger partial charge in [0.1, 0.15) is 5.75 Å². The Kier molecular flexibility index (Phi) is 9.27. The minimum Gasteiger partial charge on any atom is -0.464 e. The van der Waals surface area contributed by atoms with E-state index in [4.69, 9.17) is 9.47 Å². The van der Waals surface area contributed by atoms with Crippen LogP contribution < -0.4 is 4.74 Å². The van der Waals surface area contributed by atoms with Crippen LogP contribution >= 0.6 is 0 Å². The summed E-state index contributed by atoms with van der Waals surface area (Å²) in [6.45, 7) is 25.0. The van der Waals surface area contributed by atoms with Gasteiger partial charge < -0.3 is 9.47 Å². The molecule has 1 aromatic carbocycles. The fourth-order valence-corrected chi connectivity index (χ4v) is 3.71. The van der Waals surface area contributed by atoms with Crippen LogP contribution in [0.4, 0.5) is 0 Å². The topological polar surface area (TPSA) is 18.5 Å². The van der Waals surface area contributed by atoms with Gasteiger partial charge in [-0.1, -0.05) is 94.7 Å². The highest BCUT2D eigenvalue weighted by atomic mass is 16.7. The molecule has 0 aromatic heterocycles. The fourth-order valence-electron chi connectivity index (χ4n) is 3.71.